The number of rotatable bonds is 7. The van der Waals surface area contributed by atoms with Crippen molar-refractivity contribution in [2.45, 2.75) is 25.9 Å². The first kappa shape index (κ1) is 17.6. The first-order chi connectivity index (χ1) is 11.1. The van der Waals surface area contributed by atoms with E-state index in [0.717, 1.165) is 23.4 Å². The Morgan fingerprint density at radius 2 is 1.83 bits per heavy atom. The van der Waals surface area contributed by atoms with Crippen LogP contribution in [0.25, 0.3) is 0 Å². The number of hydrogen-bond donors (Lipinski definition) is 1. The van der Waals surface area contributed by atoms with Crippen molar-refractivity contribution in [3.05, 3.63) is 64.1 Å². The van der Waals surface area contributed by atoms with Crippen LogP contribution in [0.15, 0.2) is 48.5 Å². The van der Waals surface area contributed by atoms with E-state index in [4.69, 9.17) is 27.9 Å². The largest absolute Gasteiger partial charge is 0.481 e. The molecule has 0 aliphatic rings. The zero-order chi connectivity index (χ0) is 16.7. The Morgan fingerprint density at radius 3 is 2.52 bits per heavy atom. The first-order valence-corrected chi connectivity index (χ1v) is 8.25. The molecule has 2 aromatic rings. The number of carbonyl (C=O) groups is 1. The van der Waals surface area contributed by atoms with Gasteiger partial charge in [-0.1, -0.05) is 41.4 Å². The van der Waals surface area contributed by atoms with Crippen molar-refractivity contribution in [2.24, 2.45) is 0 Å². The van der Waals surface area contributed by atoms with Crippen LogP contribution in [0.3, 0.4) is 0 Å². The van der Waals surface area contributed by atoms with Gasteiger partial charge in [-0.15, -0.1) is 0 Å². The van der Waals surface area contributed by atoms with Crippen LogP contribution in [0.1, 0.15) is 18.9 Å². The van der Waals surface area contributed by atoms with E-state index in [1.165, 1.54) is 0 Å². The third kappa shape index (κ3) is 5.77. The highest BCUT2D eigenvalue weighted by Gasteiger charge is 2.13. The molecule has 1 unspecified atom stereocenters. The molecule has 23 heavy (non-hydrogen) atoms. The summed E-state index contributed by atoms with van der Waals surface area (Å²) in [5, 5.41) is 4.27. The predicted octanol–water partition coefficient (Wildman–Crippen LogP) is 4.51. The fraction of sp³-hybridized carbons (Fsp3) is 0.278. The molecule has 0 saturated carbocycles. The SMILES string of the molecule is CC(Oc1ccc(Cl)cc1)C(=O)NCCCc1ccccc1Cl. The predicted molar refractivity (Wildman–Crippen MR) is 94.3 cm³/mol. The minimum atomic E-state index is -0.559. The molecule has 0 aliphatic heterocycles. The summed E-state index contributed by atoms with van der Waals surface area (Å²) in [4.78, 5) is 12.0. The van der Waals surface area contributed by atoms with E-state index in [9.17, 15) is 4.79 Å². The Labute approximate surface area is 146 Å². The van der Waals surface area contributed by atoms with E-state index in [-0.39, 0.29) is 5.91 Å². The molecule has 0 radical (unpaired) electrons. The van der Waals surface area contributed by atoms with Crippen LogP contribution >= 0.6 is 23.2 Å². The van der Waals surface area contributed by atoms with E-state index in [1.54, 1.807) is 31.2 Å². The maximum atomic E-state index is 12.0. The molecule has 3 nitrogen and oxygen atoms in total. The second kappa shape index (κ2) is 8.80. The maximum Gasteiger partial charge on any atom is 0.260 e. The van der Waals surface area contributed by atoms with Crippen molar-refractivity contribution in [1.82, 2.24) is 5.32 Å². The Bertz CT molecular complexity index is 644. The molecule has 0 heterocycles. The average molecular weight is 352 g/mol. The molecule has 1 N–H and O–H groups in total. The highest BCUT2D eigenvalue weighted by atomic mass is 35.5. The number of carbonyl (C=O) groups excluding carboxylic acids is 1. The summed E-state index contributed by atoms with van der Waals surface area (Å²) in [5.74, 6) is 0.479. The normalized spacial score (nSPS) is 11.8. The van der Waals surface area contributed by atoms with Crippen molar-refractivity contribution >= 4 is 29.1 Å². The van der Waals surface area contributed by atoms with Gasteiger partial charge >= 0.3 is 0 Å². The maximum absolute atomic E-state index is 12.0. The molecule has 0 aliphatic carbocycles. The van der Waals surface area contributed by atoms with Gasteiger partial charge in [0, 0.05) is 16.6 Å². The summed E-state index contributed by atoms with van der Waals surface area (Å²) in [6.45, 7) is 2.30. The molecule has 0 saturated heterocycles. The van der Waals surface area contributed by atoms with Gasteiger partial charge in [-0.25, -0.2) is 0 Å². The van der Waals surface area contributed by atoms with E-state index in [2.05, 4.69) is 5.32 Å². The second-order valence-corrected chi connectivity index (χ2v) is 6.04. The first-order valence-electron chi connectivity index (χ1n) is 7.49. The molecule has 0 bridgehead atoms. The number of hydrogen-bond acceptors (Lipinski definition) is 2. The molecular formula is C18H19Cl2NO2. The van der Waals surface area contributed by atoms with E-state index >= 15 is 0 Å². The Balaban J connectivity index is 1.72. The Hall–Kier alpha value is -1.71. The van der Waals surface area contributed by atoms with Gasteiger partial charge in [0.05, 0.1) is 0 Å². The van der Waals surface area contributed by atoms with Gasteiger partial charge in [-0.05, 0) is 55.7 Å². The number of benzene rings is 2. The van der Waals surface area contributed by atoms with Crippen LogP contribution < -0.4 is 10.1 Å². The molecule has 1 amide bonds. The number of aryl methyl sites for hydroxylation is 1. The van der Waals surface area contributed by atoms with Crippen LogP contribution in [-0.2, 0) is 11.2 Å². The molecule has 2 rings (SSSR count). The molecule has 0 spiro atoms. The monoisotopic (exact) mass is 351 g/mol. The Kier molecular flexibility index (Phi) is 6.75. The van der Waals surface area contributed by atoms with Gasteiger partial charge in [0.15, 0.2) is 6.10 Å². The lowest BCUT2D eigenvalue weighted by atomic mass is 10.1. The topological polar surface area (TPSA) is 38.3 Å². The zero-order valence-electron chi connectivity index (χ0n) is 12.9. The summed E-state index contributed by atoms with van der Waals surface area (Å²) in [6, 6.07) is 14.7. The summed E-state index contributed by atoms with van der Waals surface area (Å²) >= 11 is 11.9. The number of halogens is 2. The number of nitrogens with one attached hydrogen (secondary N) is 1. The van der Waals surface area contributed by atoms with E-state index < -0.39 is 6.10 Å². The van der Waals surface area contributed by atoms with Crippen LogP contribution in [-0.4, -0.2) is 18.6 Å². The third-order valence-corrected chi connectivity index (χ3v) is 4.00. The summed E-state index contributed by atoms with van der Waals surface area (Å²) in [5.41, 5.74) is 1.09. The standard InChI is InChI=1S/C18H19Cl2NO2/c1-13(23-16-10-8-15(19)9-11-16)18(22)21-12-4-6-14-5-2-3-7-17(14)20/h2-3,5,7-11,13H,4,6,12H2,1H3,(H,21,22). The fourth-order valence-corrected chi connectivity index (χ4v) is 2.46. The highest BCUT2D eigenvalue weighted by molar-refractivity contribution is 6.31. The lowest BCUT2D eigenvalue weighted by Crippen LogP contribution is -2.36. The van der Waals surface area contributed by atoms with Gasteiger partial charge < -0.3 is 10.1 Å². The average Bonchev–Trinajstić information content (AvgIpc) is 2.55. The van der Waals surface area contributed by atoms with Crippen LogP contribution in [0.2, 0.25) is 10.0 Å². The zero-order valence-corrected chi connectivity index (χ0v) is 14.4. The van der Waals surface area contributed by atoms with Crippen molar-refractivity contribution in [3.63, 3.8) is 0 Å². The van der Waals surface area contributed by atoms with Crippen LogP contribution in [0.4, 0.5) is 0 Å². The lowest BCUT2D eigenvalue weighted by Gasteiger charge is -2.14. The van der Waals surface area contributed by atoms with Gasteiger partial charge in [0.2, 0.25) is 0 Å². The minimum absolute atomic E-state index is 0.140. The van der Waals surface area contributed by atoms with Crippen molar-refractivity contribution < 1.29 is 9.53 Å². The smallest absolute Gasteiger partial charge is 0.260 e. The van der Waals surface area contributed by atoms with Crippen LogP contribution in [0, 0.1) is 0 Å². The van der Waals surface area contributed by atoms with Gasteiger partial charge in [0.1, 0.15) is 5.75 Å². The van der Waals surface area contributed by atoms with Gasteiger partial charge in [-0.2, -0.15) is 0 Å². The van der Waals surface area contributed by atoms with Crippen LogP contribution in [0.5, 0.6) is 5.75 Å². The summed E-state index contributed by atoms with van der Waals surface area (Å²) in [6.07, 6.45) is 1.09. The minimum Gasteiger partial charge on any atom is -0.481 e. The lowest BCUT2D eigenvalue weighted by molar-refractivity contribution is -0.127. The molecule has 0 fully saturated rings. The van der Waals surface area contributed by atoms with Gasteiger partial charge in [-0.3, -0.25) is 4.79 Å². The number of amides is 1. The van der Waals surface area contributed by atoms with Crippen molar-refractivity contribution in [3.8, 4) is 5.75 Å². The fourth-order valence-electron chi connectivity index (χ4n) is 2.11. The molecule has 1 atom stereocenters. The molecule has 5 heteroatoms. The van der Waals surface area contributed by atoms with Crippen molar-refractivity contribution in [2.75, 3.05) is 6.54 Å². The second-order valence-electron chi connectivity index (χ2n) is 5.20. The van der Waals surface area contributed by atoms with E-state index in [1.807, 2.05) is 24.3 Å². The molecule has 2 aromatic carbocycles. The van der Waals surface area contributed by atoms with Crippen molar-refractivity contribution in [1.29, 1.82) is 0 Å². The van der Waals surface area contributed by atoms with Gasteiger partial charge in [0.25, 0.3) is 5.91 Å². The Morgan fingerprint density at radius 1 is 1.13 bits per heavy atom. The number of ether oxygens (including phenoxy) is 1. The molecular weight excluding hydrogens is 333 g/mol. The summed E-state index contributed by atoms with van der Waals surface area (Å²) < 4.78 is 5.57. The summed E-state index contributed by atoms with van der Waals surface area (Å²) in [7, 11) is 0. The van der Waals surface area contributed by atoms with E-state index in [0.29, 0.717) is 17.3 Å². The highest BCUT2D eigenvalue weighted by Crippen LogP contribution is 2.17. The third-order valence-electron chi connectivity index (χ3n) is 3.38. The molecule has 0 aromatic heterocycles. The quantitative estimate of drug-likeness (QED) is 0.745. The molecule has 122 valence electrons.